The van der Waals surface area contributed by atoms with Gasteiger partial charge in [0.1, 0.15) is 0 Å². The van der Waals surface area contributed by atoms with Crippen molar-refractivity contribution in [2.24, 2.45) is 11.7 Å². The first kappa shape index (κ1) is 15.6. The van der Waals surface area contributed by atoms with Gasteiger partial charge in [0.05, 0.1) is 0 Å². The van der Waals surface area contributed by atoms with E-state index in [1.807, 2.05) is 0 Å². The van der Waals surface area contributed by atoms with E-state index < -0.39 is 0 Å². The molecule has 112 valence electrons. The van der Waals surface area contributed by atoms with Crippen LogP contribution in [0.5, 0.6) is 0 Å². The second-order valence-electron chi connectivity index (χ2n) is 6.61. The molecule has 2 atom stereocenters. The van der Waals surface area contributed by atoms with Gasteiger partial charge in [-0.3, -0.25) is 0 Å². The number of hydrogen-bond donors (Lipinski definition) is 1. The van der Waals surface area contributed by atoms with Crippen molar-refractivity contribution >= 4 is 0 Å². The zero-order valence-electron chi connectivity index (χ0n) is 13.3. The van der Waals surface area contributed by atoms with Crippen molar-refractivity contribution < 1.29 is 0 Å². The van der Waals surface area contributed by atoms with Gasteiger partial charge in [0.2, 0.25) is 0 Å². The molecule has 1 aliphatic carbocycles. The van der Waals surface area contributed by atoms with Crippen LogP contribution in [0.4, 0.5) is 0 Å². The molecule has 1 fully saturated rings. The van der Waals surface area contributed by atoms with Crippen LogP contribution in [0, 0.1) is 5.92 Å². The average molecular weight is 273 g/mol. The summed E-state index contributed by atoms with van der Waals surface area (Å²) in [6.07, 6.45) is 10.8. The minimum Gasteiger partial charge on any atom is -0.324 e. The lowest BCUT2D eigenvalue weighted by molar-refractivity contribution is 0.327. The molecule has 0 bridgehead atoms. The number of nitrogens with two attached hydrogens (primary N) is 1. The van der Waals surface area contributed by atoms with Crippen molar-refractivity contribution in [1.29, 1.82) is 0 Å². The van der Waals surface area contributed by atoms with Crippen molar-refractivity contribution in [2.75, 3.05) is 0 Å². The van der Waals surface area contributed by atoms with Crippen molar-refractivity contribution in [3.63, 3.8) is 0 Å². The molecule has 2 unspecified atom stereocenters. The first-order valence-electron chi connectivity index (χ1n) is 8.57. The predicted molar refractivity (Wildman–Crippen MR) is 87.9 cm³/mol. The summed E-state index contributed by atoms with van der Waals surface area (Å²) in [4.78, 5) is 0. The predicted octanol–water partition coefficient (Wildman–Crippen LogP) is 5.56. The molecule has 1 aromatic carbocycles. The first-order valence-corrected chi connectivity index (χ1v) is 8.57. The van der Waals surface area contributed by atoms with Crippen LogP contribution in [0.25, 0.3) is 0 Å². The van der Waals surface area contributed by atoms with Crippen LogP contribution in [0.1, 0.15) is 88.3 Å². The molecule has 2 N–H and O–H groups in total. The summed E-state index contributed by atoms with van der Waals surface area (Å²) in [5.74, 6) is 1.34. The smallest absolute Gasteiger partial charge is 0.0323 e. The fraction of sp³-hybridized carbons (Fsp3) is 0.684. The van der Waals surface area contributed by atoms with Crippen LogP contribution in [-0.4, -0.2) is 0 Å². The molecular weight excluding hydrogens is 242 g/mol. The van der Waals surface area contributed by atoms with Crippen LogP contribution in [0.3, 0.4) is 0 Å². The molecule has 0 amide bonds. The molecule has 2 rings (SSSR count). The van der Waals surface area contributed by atoms with Crippen LogP contribution in [0.15, 0.2) is 24.3 Å². The Morgan fingerprint density at radius 1 is 0.950 bits per heavy atom. The molecule has 20 heavy (non-hydrogen) atoms. The van der Waals surface area contributed by atoms with Gasteiger partial charge in [-0.25, -0.2) is 0 Å². The van der Waals surface area contributed by atoms with Gasteiger partial charge in [0.25, 0.3) is 0 Å². The van der Waals surface area contributed by atoms with Crippen LogP contribution >= 0.6 is 0 Å². The Morgan fingerprint density at radius 2 is 1.45 bits per heavy atom. The zero-order chi connectivity index (χ0) is 14.4. The van der Waals surface area contributed by atoms with Crippen molar-refractivity contribution in [2.45, 2.75) is 77.2 Å². The number of hydrogen-bond acceptors (Lipinski definition) is 1. The quantitative estimate of drug-likeness (QED) is 0.763. The van der Waals surface area contributed by atoms with Gasteiger partial charge in [-0.05, 0) is 42.2 Å². The second-order valence-corrected chi connectivity index (χ2v) is 6.61. The SMILES string of the molecule is CCC(C)c1ccc(C(N)C2CCCCCCC2)cc1. The second kappa shape index (κ2) is 7.83. The Labute approximate surface area is 125 Å². The third kappa shape index (κ3) is 4.09. The minimum absolute atomic E-state index is 0.235. The van der Waals surface area contributed by atoms with E-state index in [4.69, 9.17) is 5.73 Å². The fourth-order valence-corrected chi connectivity index (χ4v) is 3.40. The molecular formula is C19H31N. The summed E-state index contributed by atoms with van der Waals surface area (Å²) in [7, 11) is 0. The lowest BCUT2D eigenvalue weighted by Crippen LogP contribution is -2.22. The highest BCUT2D eigenvalue weighted by Crippen LogP contribution is 2.32. The first-order chi connectivity index (χ1) is 9.72. The average Bonchev–Trinajstić information content (AvgIpc) is 2.46. The normalized spacial score (nSPS) is 20.9. The van der Waals surface area contributed by atoms with Crippen LogP contribution in [-0.2, 0) is 0 Å². The van der Waals surface area contributed by atoms with Crippen LogP contribution < -0.4 is 5.73 Å². The molecule has 1 nitrogen and oxygen atoms in total. The molecule has 1 heteroatoms. The van der Waals surface area contributed by atoms with E-state index in [1.54, 1.807) is 0 Å². The lowest BCUT2D eigenvalue weighted by atomic mass is 9.83. The summed E-state index contributed by atoms with van der Waals surface area (Å²) < 4.78 is 0. The molecule has 0 spiro atoms. The van der Waals surface area contributed by atoms with Crippen LogP contribution in [0.2, 0.25) is 0 Å². The molecule has 1 aliphatic rings. The summed E-state index contributed by atoms with van der Waals surface area (Å²) in [5, 5.41) is 0. The van der Waals surface area contributed by atoms with E-state index in [0.29, 0.717) is 11.8 Å². The van der Waals surface area contributed by atoms with E-state index >= 15 is 0 Å². The standard InChI is InChI=1S/C19H31N/c1-3-15(2)16-11-13-18(14-12-16)19(20)17-9-7-5-4-6-8-10-17/h11-15,17,19H,3-10,20H2,1-2H3. The van der Waals surface area contributed by atoms with E-state index in [1.165, 1.54) is 62.5 Å². The highest BCUT2D eigenvalue weighted by Gasteiger charge is 2.20. The van der Waals surface area contributed by atoms with Gasteiger partial charge in [0, 0.05) is 6.04 Å². The lowest BCUT2D eigenvalue weighted by Gasteiger charge is -2.26. The summed E-state index contributed by atoms with van der Waals surface area (Å²) >= 11 is 0. The molecule has 0 aliphatic heterocycles. The van der Waals surface area contributed by atoms with Gasteiger partial charge in [-0.2, -0.15) is 0 Å². The number of rotatable bonds is 4. The van der Waals surface area contributed by atoms with Crippen molar-refractivity contribution in [1.82, 2.24) is 0 Å². The Hall–Kier alpha value is -0.820. The minimum atomic E-state index is 0.235. The summed E-state index contributed by atoms with van der Waals surface area (Å²) in [6.45, 7) is 4.54. The molecule has 0 radical (unpaired) electrons. The largest absolute Gasteiger partial charge is 0.324 e. The summed E-state index contributed by atoms with van der Waals surface area (Å²) in [6, 6.07) is 9.34. The Kier molecular flexibility index (Phi) is 6.09. The van der Waals surface area contributed by atoms with Gasteiger partial charge in [-0.15, -0.1) is 0 Å². The molecule has 1 aromatic rings. The third-order valence-electron chi connectivity index (χ3n) is 5.16. The van der Waals surface area contributed by atoms with E-state index in [0.717, 1.165) is 0 Å². The fourth-order valence-electron chi connectivity index (χ4n) is 3.40. The maximum atomic E-state index is 6.55. The zero-order valence-corrected chi connectivity index (χ0v) is 13.3. The highest BCUT2D eigenvalue weighted by molar-refractivity contribution is 5.27. The maximum absolute atomic E-state index is 6.55. The van der Waals surface area contributed by atoms with Gasteiger partial charge in [0.15, 0.2) is 0 Å². The van der Waals surface area contributed by atoms with Gasteiger partial charge in [-0.1, -0.05) is 70.2 Å². The Bertz CT molecular complexity index is 373. The molecule has 0 saturated heterocycles. The number of benzene rings is 1. The topological polar surface area (TPSA) is 26.0 Å². The summed E-state index contributed by atoms with van der Waals surface area (Å²) in [5.41, 5.74) is 9.33. The maximum Gasteiger partial charge on any atom is 0.0323 e. The van der Waals surface area contributed by atoms with E-state index in [9.17, 15) is 0 Å². The monoisotopic (exact) mass is 273 g/mol. The Balaban J connectivity index is 2.01. The van der Waals surface area contributed by atoms with E-state index in [2.05, 4.69) is 38.1 Å². The molecule has 0 heterocycles. The molecule has 0 aromatic heterocycles. The molecule has 1 saturated carbocycles. The van der Waals surface area contributed by atoms with Crippen molar-refractivity contribution in [3.8, 4) is 0 Å². The van der Waals surface area contributed by atoms with Gasteiger partial charge < -0.3 is 5.73 Å². The van der Waals surface area contributed by atoms with E-state index in [-0.39, 0.29) is 6.04 Å². The van der Waals surface area contributed by atoms with Crippen molar-refractivity contribution in [3.05, 3.63) is 35.4 Å². The van der Waals surface area contributed by atoms with Gasteiger partial charge >= 0.3 is 0 Å². The Morgan fingerprint density at radius 3 is 2.00 bits per heavy atom. The highest BCUT2D eigenvalue weighted by atomic mass is 14.7. The third-order valence-corrected chi connectivity index (χ3v) is 5.16.